The lowest BCUT2D eigenvalue weighted by molar-refractivity contribution is -0.223. The molecule has 0 amide bonds. The Morgan fingerprint density at radius 1 is 0.944 bits per heavy atom. The van der Waals surface area contributed by atoms with E-state index in [1.165, 1.54) is 44.6 Å². The molecule has 9 atom stereocenters. The number of nitriles is 1. The van der Waals surface area contributed by atoms with Crippen LogP contribution in [0.1, 0.15) is 113 Å². The van der Waals surface area contributed by atoms with Crippen molar-refractivity contribution in [3.63, 3.8) is 0 Å². The summed E-state index contributed by atoms with van der Waals surface area (Å²) in [4.78, 5) is 16.6. The van der Waals surface area contributed by atoms with Crippen molar-refractivity contribution in [1.82, 2.24) is 0 Å². The molecule has 4 heteroatoms. The fraction of sp³-hybridized carbons (Fsp3) is 0.844. The standard InChI is InChI=1S/C32H48N2O2/c1-20(2)22-11-16-32(19-33)18-17-30(7)23(27(22)32)9-10-25-29(6)14-13-26(34-36-21(3)35)28(4,5)24(29)12-15-31(25,30)8/h22-25,27H,1,9-18H2,2-8H3/b34-26+/t22-,23+,24-,25+,27+,29-,30+,31+,32+/m0/s1. The number of rotatable bonds is 2. The topological polar surface area (TPSA) is 62.4 Å². The molecular weight excluding hydrogens is 444 g/mol. The van der Waals surface area contributed by atoms with Gasteiger partial charge in [0.1, 0.15) is 0 Å². The summed E-state index contributed by atoms with van der Waals surface area (Å²) in [5, 5.41) is 14.8. The smallest absolute Gasteiger partial charge is 0.319 e. The van der Waals surface area contributed by atoms with Crippen LogP contribution in [0.3, 0.4) is 0 Å². The molecule has 5 fully saturated rings. The van der Waals surface area contributed by atoms with Crippen molar-refractivity contribution in [2.75, 3.05) is 0 Å². The fourth-order valence-corrected chi connectivity index (χ4v) is 11.4. The Morgan fingerprint density at radius 3 is 2.31 bits per heavy atom. The van der Waals surface area contributed by atoms with Gasteiger partial charge in [-0.2, -0.15) is 5.26 Å². The third-order valence-corrected chi connectivity index (χ3v) is 13.4. The molecule has 0 aromatic carbocycles. The first-order chi connectivity index (χ1) is 16.8. The molecule has 0 aromatic rings. The van der Waals surface area contributed by atoms with Gasteiger partial charge in [-0.25, -0.2) is 4.79 Å². The van der Waals surface area contributed by atoms with Crippen LogP contribution in [0.4, 0.5) is 0 Å². The van der Waals surface area contributed by atoms with Crippen LogP contribution in [0, 0.1) is 68.0 Å². The van der Waals surface area contributed by atoms with Crippen LogP contribution in [0.15, 0.2) is 17.3 Å². The molecule has 0 unspecified atom stereocenters. The maximum Gasteiger partial charge on any atom is 0.331 e. The van der Waals surface area contributed by atoms with E-state index < -0.39 is 0 Å². The van der Waals surface area contributed by atoms with E-state index in [9.17, 15) is 10.1 Å². The Bertz CT molecular complexity index is 1040. The largest absolute Gasteiger partial charge is 0.331 e. The molecule has 5 rings (SSSR count). The highest BCUT2D eigenvalue weighted by Crippen LogP contribution is 2.77. The van der Waals surface area contributed by atoms with Crippen molar-refractivity contribution in [3.8, 4) is 6.07 Å². The zero-order valence-electron chi connectivity index (χ0n) is 23.9. The van der Waals surface area contributed by atoms with Crippen molar-refractivity contribution in [2.24, 2.45) is 61.8 Å². The monoisotopic (exact) mass is 492 g/mol. The molecule has 5 saturated carbocycles. The quantitative estimate of drug-likeness (QED) is 0.222. The van der Waals surface area contributed by atoms with E-state index in [-0.39, 0.29) is 33.0 Å². The summed E-state index contributed by atoms with van der Waals surface area (Å²) in [7, 11) is 0. The SMILES string of the molecule is C=C(C)[C@@H]1CC[C@]2(C#N)CC[C@]3(C)[C@H](CC[C@@H]4[C@@]5(C)CC/C(=N\OC(C)=O)C(C)(C)[C@@H]5CC[C@]43C)[C@@H]12. The van der Waals surface area contributed by atoms with Gasteiger partial charge in [-0.1, -0.05) is 51.9 Å². The Kier molecular flexibility index (Phi) is 5.91. The third-order valence-electron chi connectivity index (χ3n) is 13.4. The van der Waals surface area contributed by atoms with E-state index in [1.807, 2.05) is 0 Å². The maximum absolute atomic E-state index is 11.5. The first kappa shape index (κ1) is 26.0. The molecule has 0 N–H and O–H groups in total. The van der Waals surface area contributed by atoms with Crippen molar-refractivity contribution in [2.45, 2.75) is 113 Å². The molecule has 0 aliphatic heterocycles. The number of hydrogen-bond acceptors (Lipinski definition) is 4. The van der Waals surface area contributed by atoms with E-state index >= 15 is 0 Å². The van der Waals surface area contributed by atoms with Crippen LogP contribution in [-0.2, 0) is 9.63 Å². The van der Waals surface area contributed by atoms with Gasteiger partial charge in [0.25, 0.3) is 0 Å². The Hall–Kier alpha value is -1.63. The lowest BCUT2D eigenvalue weighted by atomic mass is 9.32. The fourth-order valence-electron chi connectivity index (χ4n) is 11.4. The lowest BCUT2D eigenvalue weighted by Gasteiger charge is -2.72. The first-order valence-electron chi connectivity index (χ1n) is 14.6. The van der Waals surface area contributed by atoms with Crippen LogP contribution in [0.5, 0.6) is 0 Å². The number of carbonyl (C=O) groups excluding carboxylic acids is 1. The van der Waals surface area contributed by atoms with Crippen LogP contribution in [0.25, 0.3) is 0 Å². The molecule has 0 bridgehead atoms. The second kappa shape index (κ2) is 8.18. The number of hydrogen-bond donors (Lipinski definition) is 0. The normalized spacial score (nSPS) is 50.2. The van der Waals surface area contributed by atoms with Crippen molar-refractivity contribution in [1.29, 1.82) is 5.26 Å². The Morgan fingerprint density at radius 2 is 1.67 bits per heavy atom. The zero-order chi connectivity index (χ0) is 26.3. The van der Waals surface area contributed by atoms with Crippen LogP contribution in [-0.4, -0.2) is 11.7 Å². The summed E-state index contributed by atoms with van der Waals surface area (Å²) in [6, 6.07) is 2.90. The molecule has 36 heavy (non-hydrogen) atoms. The van der Waals surface area contributed by atoms with Gasteiger partial charge in [0.05, 0.1) is 17.2 Å². The summed E-state index contributed by atoms with van der Waals surface area (Å²) >= 11 is 0. The van der Waals surface area contributed by atoms with Crippen molar-refractivity contribution < 1.29 is 9.63 Å². The van der Waals surface area contributed by atoms with Gasteiger partial charge in [0.15, 0.2) is 0 Å². The predicted octanol–water partition coefficient (Wildman–Crippen LogP) is 8.09. The van der Waals surface area contributed by atoms with Crippen molar-refractivity contribution in [3.05, 3.63) is 12.2 Å². The Labute approximate surface area is 219 Å². The maximum atomic E-state index is 11.5. The minimum atomic E-state index is -0.333. The highest BCUT2D eigenvalue weighted by Gasteiger charge is 2.70. The summed E-state index contributed by atoms with van der Waals surface area (Å²) in [5.41, 5.74) is 2.98. The zero-order valence-corrected chi connectivity index (χ0v) is 23.9. The average Bonchev–Trinajstić information content (AvgIpc) is 3.19. The lowest BCUT2D eigenvalue weighted by Crippen LogP contribution is -2.66. The molecule has 0 aromatic heterocycles. The van der Waals surface area contributed by atoms with Crippen molar-refractivity contribution >= 4 is 11.7 Å². The number of fused-ring (bicyclic) bond motifs is 7. The average molecular weight is 493 g/mol. The van der Waals surface area contributed by atoms with Crippen LogP contribution < -0.4 is 0 Å². The highest BCUT2D eigenvalue weighted by molar-refractivity contribution is 5.91. The summed E-state index contributed by atoms with van der Waals surface area (Å²) < 4.78 is 0. The van der Waals surface area contributed by atoms with E-state index in [0.29, 0.717) is 29.6 Å². The number of nitrogens with zero attached hydrogens (tertiary/aromatic N) is 2. The summed E-state index contributed by atoms with van der Waals surface area (Å²) in [6.45, 7) is 20.6. The van der Waals surface area contributed by atoms with E-state index in [0.717, 1.165) is 37.8 Å². The molecular formula is C32H48N2O2. The second-order valence-corrected chi connectivity index (χ2v) is 14.8. The number of oxime groups is 1. The van der Waals surface area contributed by atoms with Gasteiger partial charge >= 0.3 is 5.97 Å². The molecule has 5 aliphatic rings. The first-order valence-corrected chi connectivity index (χ1v) is 14.6. The second-order valence-electron chi connectivity index (χ2n) is 14.8. The van der Waals surface area contributed by atoms with Crippen LogP contribution >= 0.6 is 0 Å². The van der Waals surface area contributed by atoms with E-state index in [1.54, 1.807) is 0 Å². The van der Waals surface area contributed by atoms with Crippen LogP contribution in [0.2, 0.25) is 0 Å². The van der Waals surface area contributed by atoms with Gasteiger partial charge in [-0.15, -0.1) is 0 Å². The molecule has 5 aliphatic carbocycles. The van der Waals surface area contributed by atoms with E-state index in [2.05, 4.69) is 59.3 Å². The molecule has 4 nitrogen and oxygen atoms in total. The molecule has 0 radical (unpaired) electrons. The predicted molar refractivity (Wildman–Crippen MR) is 144 cm³/mol. The third kappa shape index (κ3) is 3.23. The van der Waals surface area contributed by atoms with Gasteiger partial charge in [0.2, 0.25) is 0 Å². The minimum absolute atomic E-state index is 0.0689. The summed E-state index contributed by atoms with van der Waals surface area (Å²) in [5.74, 6) is 2.50. The molecule has 0 saturated heterocycles. The van der Waals surface area contributed by atoms with Gasteiger partial charge in [0, 0.05) is 12.3 Å². The van der Waals surface area contributed by atoms with E-state index in [4.69, 9.17) is 4.84 Å². The van der Waals surface area contributed by atoms with Gasteiger partial charge in [-0.3, -0.25) is 0 Å². The molecule has 0 spiro atoms. The molecule has 0 heterocycles. The summed E-state index contributed by atoms with van der Waals surface area (Å²) in [6.07, 6.45) is 11.5. The number of carbonyl (C=O) groups is 1. The minimum Gasteiger partial charge on any atom is -0.319 e. The van der Waals surface area contributed by atoms with Gasteiger partial charge in [-0.05, 0) is 117 Å². The molecule has 198 valence electrons. The Balaban J connectivity index is 1.51. The highest BCUT2D eigenvalue weighted by atomic mass is 16.7. The number of allylic oxidation sites excluding steroid dienone is 1. The van der Waals surface area contributed by atoms with Gasteiger partial charge < -0.3 is 4.84 Å².